The van der Waals surface area contributed by atoms with Gasteiger partial charge >= 0.3 is 0 Å². The zero-order valence-corrected chi connectivity index (χ0v) is 16.5. The number of nitrogens with one attached hydrogen (secondary N) is 1. The third-order valence-corrected chi connectivity index (χ3v) is 6.12. The van der Waals surface area contributed by atoms with Gasteiger partial charge in [0.15, 0.2) is 0 Å². The Morgan fingerprint density at radius 1 is 1.15 bits per heavy atom. The van der Waals surface area contributed by atoms with E-state index in [2.05, 4.69) is 5.32 Å². The molecule has 26 heavy (non-hydrogen) atoms. The maximum absolute atomic E-state index is 12.8. The molecule has 9 heteroatoms. The van der Waals surface area contributed by atoms with Crippen LogP contribution in [0, 0.1) is 0 Å². The minimum absolute atomic E-state index is 0.0179. The minimum atomic E-state index is -3.90. The summed E-state index contributed by atoms with van der Waals surface area (Å²) >= 11 is 12.0. The van der Waals surface area contributed by atoms with Crippen LogP contribution >= 0.6 is 23.2 Å². The van der Waals surface area contributed by atoms with E-state index >= 15 is 0 Å². The molecule has 2 aromatic carbocycles. The number of ether oxygens (including phenoxy) is 1. The topological polar surface area (TPSA) is 75.7 Å². The van der Waals surface area contributed by atoms with Gasteiger partial charge in [-0.3, -0.25) is 4.79 Å². The van der Waals surface area contributed by atoms with Gasteiger partial charge in [-0.05, 0) is 30.3 Å². The lowest BCUT2D eigenvalue weighted by Crippen LogP contribution is -2.37. The smallest absolute Gasteiger partial charge is 0.243 e. The van der Waals surface area contributed by atoms with Crippen LogP contribution in [-0.2, 0) is 14.8 Å². The number of benzene rings is 2. The fourth-order valence-corrected chi connectivity index (χ4v) is 4.17. The largest absolute Gasteiger partial charge is 0.495 e. The van der Waals surface area contributed by atoms with Crippen LogP contribution in [0.5, 0.6) is 5.75 Å². The van der Waals surface area contributed by atoms with Gasteiger partial charge in [-0.15, -0.1) is 0 Å². The molecule has 0 heterocycles. The molecule has 140 valence electrons. The molecule has 0 spiro atoms. The van der Waals surface area contributed by atoms with Crippen molar-refractivity contribution in [2.75, 3.05) is 25.5 Å². The molecule has 0 atom stereocenters. The summed E-state index contributed by atoms with van der Waals surface area (Å²) in [5.41, 5.74) is 0.417. The molecular weight excluding hydrogens is 399 g/mol. The Morgan fingerprint density at radius 3 is 2.42 bits per heavy atom. The van der Waals surface area contributed by atoms with E-state index in [1.54, 1.807) is 31.2 Å². The standard InChI is InChI=1S/C17H18Cl2N2O4S/c1-3-21(11-17(22)20-15-7-5-4-6-13(15)18)26(23,24)12-8-9-16(25-2)14(19)10-12/h4-10H,3,11H2,1-2H3,(H,20,22). The van der Waals surface area contributed by atoms with E-state index in [1.807, 2.05) is 0 Å². The zero-order valence-electron chi connectivity index (χ0n) is 14.2. The molecule has 2 aromatic rings. The number of nitrogens with zero attached hydrogens (tertiary/aromatic N) is 1. The number of hydrogen-bond donors (Lipinski definition) is 1. The monoisotopic (exact) mass is 416 g/mol. The van der Waals surface area contributed by atoms with Crippen molar-refractivity contribution in [3.8, 4) is 5.75 Å². The zero-order chi connectivity index (χ0) is 19.3. The predicted molar refractivity (Wildman–Crippen MR) is 103 cm³/mol. The summed E-state index contributed by atoms with van der Waals surface area (Å²) in [7, 11) is -2.46. The van der Waals surface area contributed by atoms with Crippen LogP contribution in [0.4, 0.5) is 5.69 Å². The van der Waals surface area contributed by atoms with Crippen LogP contribution in [0.25, 0.3) is 0 Å². The number of amides is 1. The normalized spacial score (nSPS) is 11.4. The Balaban J connectivity index is 2.19. The Morgan fingerprint density at radius 2 is 1.85 bits per heavy atom. The van der Waals surface area contributed by atoms with Crippen LogP contribution in [0.2, 0.25) is 10.0 Å². The number of hydrogen-bond acceptors (Lipinski definition) is 4. The molecule has 1 N–H and O–H groups in total. The third-order valence-electron chi connectivity index (χ3n) is 3.58. The van der Waals surface area contributed by atoms with Gasteiger partial charge in [-0.2, -0.15) is 4.31 Å². The number of anilines is 1. The molecule has 1 amide bonds. The van der Waals surface area contributed by atoms with Crippen LogP contribution in [0.3, 0.4) is 0 Å². The lowest BCUT2D eigenvalue weighted by molar-refractivity contribution is -0.116. The highest BCUT2D eigenvalue weighted by atomic mass is 35.5. The van der Waals surface area contributed by atoms with Crippen LogP contribution in [0.1, 0.15) is 6.92 Å². The van der Waals surface area contributed by atoms with Crippen LogP contribution < -0.4 is 10.1 Å². The van der Waals surface area contributed by atoms with Crippen molar-refractivity contribution in [2.24, 2.45) is 0 Å². The SMILES string of the molecule is CCN(CC(=O)Nc1ccccc1Cl)S(=O)(=O)c1ccc(OC)c(Cl)c1. The maximum Gasteiger partial charge on any atom is 0.243 e. The summed E-state index contributed by atoms with van der Waals surface area (Å²) in [6.45, 7) is 1.40. The Bertz CT molecular complexity index is 903. The Kier molecular flexibility index (Phi) is 6.88. The van der Waals surface area contributed by atoms with Crippen LogP contribution in [0.15, 0.2) is 47.4 Å². The number of halogens is 2. The van der Waals surface area contributed by atoms with Crippen molar-refractivity contribution in [1.82, 2.24) is 4.31 Å². The first-order valence-electron chi connectivity index (χ1n) is 7.67. The van der Waals surface area contributed by atoms with Gasteiger partial charge in [0.2, 0.25) is 15.9 Å². The molecule has 0 aliphatic rings. The van der Waals surface area contributed by atoms with E-state index < -0.39 is 15.9 Å². The molecule has 0 aromatic heterocycles. The first kappa shape index (κ1) is 20.5. The van der Waals surface area contributed by atoms with Gasteiger partial charge in [0.25, 0.3) is 0 Å². The molecule has 0 aliphatic heterocycles. The highest BCUT2D eigenvalue weighted by molar-refractivity contribution is 7.89. The third kappa shape index (κ3) is 4.67. The maximum atomic E-state index is 12.8. The second-order valence-corrected chi connectivity index (χ2v) is 8.01. The average Bonchev–Trinajstić information content (AvgIpc) is 2.61. The summed E-state index contributed by atoms with van der Waals surface area (Å²) in [4.78, 5) is 12.2. The summed E-state index contributed by atoms with van der Waals surface area (Å²) < 4.78 is 31.7. The van der Waals surface area contributed by atoms with Crippen molar-refractivity contribution in [3.05, 3.63) is 52.5 Å². The lowest BCUT2D eigenvalue weighted by Gasteiger charge is -2.20. The quantitative estimate of drug-likeness (QED) is 0.746. The molecule has 0 bridgehead atoms. The highest BCUT2D eigenvalue weighted by Crippen LogP contribution is 2.28. The van der Waals surface area contributed by atoms with Crippen molar-refractivity contribution in [3.63, 3.8) is 0 Å². The van der Waals surface area contributed by atoms with Gasteiger partial charge in [-0.1, -0.05) is 42.3 Å². The van der Waals surface area contributed by atoms with Crippen LogP contribution in [-0.4, -0.2) is 38.8 Å². The first-order chi connectivity index (χ1) is 12.3. The van der Waals surface area contributed by atoms with Gasteiger partial charge in [0, 0.05) is 6.54 Å². The second-order valence-electron chi connectivity index (χ2n) is 5.26. The van der Waals surface area contributed by atoms with Crippen molar-refractivity contribution < 1.29 is 17.9 Å². The van der Waals surface area contributed by atoms with E-state index in [0.29, 0.717) is 16.5 Å². The number of para-hydroxylation sites is 1. The molecule has 2 rings (SSSR count). The van der Waals surface area contributed by atoms with E-state index in [1.165, 1.54) is 25.3 Å². The number of carbonyl (C=O) groups is 1. The Labute approximate surface area is 162 Å². The van der Waals surface area contributed by atoms with Gasteiger partial charge in [-0.25, -0.2) is 8.42 Å². The second kappa shape index (κ2) is 8.73. The number of rotatable bonds is 7. The molecule has 0 radical (unpaired) electrons. The summed E-state index contributed by atoms with van der Waals surface area (Å²) in [5.74, 6) is -0.131. The molecule has 0 unspecified atom stereocenters. The van der Waals surface area contributed by atoms with Gasteiger partial charge < -0.3 is 10.1 Å². The minimum Gasteiger partial charge on any atom is -0.495 e. The summed E-state index contributed by atoms with van der Waals surface area (Å²) in [6.07, 6.45) is 0. The van der Waals surface area contributed by atoms with E-state index in [-0.39, 0.29) is 23.0 Å². The van der Waals surface area contributed by atoms with Crippen molar-refractivity contribution in [1.29, 1.82) is 0 Å². The van der Waals surface area contributed by atoms with Crippen molar-refractivity contribution >= 4 is 44.8 Å². The predicted octanol–water partition coefficient (Wildman–Crippen LogP) is 3.65. The Hall–Kier alpha value is -1.80. The fourth-order valence-electron chi connectivity index (χ4n) is 2.24. The molecule has 6 nitrogen and oxygen atoms in total. The highest BCUT2D eigenvalue weighted by Gasteiger charge is 2.26. The van der Waals surface area contributed by atoms with Gasteiger partial charge in [0.05, 0.1) is 34.3 Å². The first-order valence-corrected chi connectivity index (χ1v) is 9.87. The molecular formula is C17H18Cl2N2O4S. The van der Waals surface area contributed by atoms with E-state index in [9.17, 15) is 13.2 Å². The fraction of sp³-hybridized carbons (Fsp3) is 0.235. The summed E-state index contributed by atoms with van der Waals surface area (Å²) in [6, 6.07) is 10.9. The number of methoxy groups -OCH3 is 1. The van der Waals surface area contributed by atoms with Crippen molar-refractivity contribution in [2.45, 2.75) is 11.8 Å². The number of carbonyl (C=O) groups excluding carboxylic acids is 1. The summed E-state index contributed by atoms with van der Waals surface area (Å²) in [5, 5.41) is 3.15. The molecule has 0 aliphatic carbocycles. The average molecular weight is 417 g/mol. The molecule has 0 saturated carbocycles. The molecule has 0 fully saturated rings. The molecule has 0 saturated heterocycles. The number of sulfonamides is 1. The van der Waals surface area contributed by atoms with Gasteiger partial charge in [0.1, 0.15) is 5.75 Å². The van der Waals surface area contributed by atoms with E-state index in [0.717, 1.165) is 4.31 Å². The lowest BCUT2D eigenvalue weighted by atomic mass is 10.3. The van der Waals surface area contributed by atoms with E-state index in [4.69, 9.17) is 27.9 Å². The number of likely N-dealkylation sites (N-methyl/N-ethyl adjacent to an activating group) is 1.